The summed E-state index contributed by atoms with van der Waals surface area (Å²) < 4.78 is 50.4. The van der Waals surface area contributed by atoms with Gasteiger partial charge in [-0.15, -0.1) is 4.41 Å². The highest BCUT2D eigenvalue weighted by atomic mass is 35.5. The maximum atomic E-state index is 13.0. The molecule has 0 aromatic heterocycles. The number of rotatable bonds is 4. The Balaban J connectivity index is 2.55. The molecule has 1 N–H and O–H groups in total. The molecule has 2 atom stereocenters. The molecular weight excluding hydrogens is 364 g/mol. The third-order valence-corrected chi connectivity index (χ3v) is 7.67. The number of hydrazine groups is 1. The van der Waals surface area contributed by atoms with Crippen LogP contribution in [0.2, 0.25) is 5.02 Å². The number of nitrogens with zero attached hydrogens (tertiary/aromatic N) is 2. The van der Waals surface area contributed by atoms with Gasteiger partial charge >= 0.3 is 0 Å². The van der Waals surface area contributed by atoms with Crippen molar-refractivity contribution in [3.05, 3.63) is 28.8 Å². The zero-order valence-electron chi connectivity index (χ0n) is 13.0. The van der Waals surface area contributed by atoms with Crippen LogP contribution in [-0.2, 0) is 19.9 Å². The lowest BCUT2D eigenvalue weighted by molar-refractivity contribution is 0.0271. The van der Waals surface area contributed by atoms with E-state index in [1.807, 2.05) is 0 Å². The first-order valence-corrected chi connectivity index (χ1v) is 10.5. The summed E-state index contributed by atoms with van der Waals surface area (Å²) in [7, 11) is -4.60. The summed E-state index contributed by atoms with van der Waals surface area (Å²) in [4.78, 5) is -0.0183. The van der Waals surface area contributed by atoms with Crippen LogP contribution in [0.3, 0.4) is 0 Å². The lowest BCUT2D eigenvalue weighted by Crippen LogP contribution is -2.53. The van der Waals surface area contributed by atoms with Gasteiger partial charge in [-0.2, -0.15) is 0 Å². The fourth-order valence-corrected chi connectivity index (χ4v) is 6.71. The highest BCUT2D eigenvalue weighted by molar-refractivity contribution is 7.92. The zero-order chi connectivity index (χ0) is 17.6. The number of hydrogen-bond donors (Lipinski definition) is 1. The maximum absolute atomic E-state index is 13.0. The average molecular weight is 383 g/mol. The Morgan fingerprint density at radius 2 is 1.87 bits per heavy atom. The van der Waals surface area contributed by atoms with Gasteiger partial charge in [0.1, 0.15) is 0 Å². The molecule has 7 nitrogen and oxygen atoms in total. The first-order chi connectivity index (χ1) is 10.5. The van der Waals surface area contributed by atoms with Crippen molar-refractivity contribution >= 4 is 31.5 Å². The van der Waals surface area contributed by atoms with E-state index in [0.717, 1.165) is 4.41 Å². The van der Waals surface area contributed by atoms with Crippen LogP contribution in [0.15, 0.2) is 23.1 Å². The first kappa shape index (κ1) is 18.6. The third-order valence-electron chi connectivity index (χ3n) is 3.65. The Bertz CT molecular complexity index is 808. The number of sulfonamides is 1. The second-order valence-electron chi connectivity index (χ2n) is 5.75. The van der Waals surface area contributed by atoms with Crippen LogP contribution in [0.4, 0.5) is 0 Å². The standard InChI is InChI=1S/C13H19ClN2O5S2/c1-9-4-5-10(14)6-13(9)23(20,21)16(15(2)3)11-7-22(18,19)8-12(11)17/h4-6,11-12,17H,7-8H2,1-3H3/t11-,12+/m0/s1. The maximum Gasteiger partial charge on any atom is 0.256 e. The molecule has 0 spiro atoms. The van der Waals surface area contributed by atoms with Crippen LogP contribution in [0.25, 0.3) is 0 Å². The van der Waals surface area contributed by atoms with Gasteiger partial charge in [-0.25, -0.2) is 21.8 Å². The molecule has 0 amide bonds. The van der Waals surface area contributed by atoms with Gasteiger partial charge in [-0.05, 0) is 24.6 Å². The molecule has 1 aromatic rings. The summed E-state index contributed by atoms with van der Waals surface area (Å²) in [5.74, 6) is -0.878. The van der Waals surface area contributed by atoms with Gasteiger partial charge in [0, 0.05) is 19.1 Å². The molecule has 1 aliphatic rings. The molecule has 1 fully saturated rings. The number of aliphatic hydroxyl groups is 1. The molecule has 1 aliphatic heterocycles. The lowest BCUT2D eigenvalue weighted by atomic mass is 10.2. The molecular formula is C13H19ClN2O5S2. The third kappa shape index (κ3) is 3.70. The molecule has 1 heterocycles. The number of aryl methyl sites for hydroxylation is 1. The summed E-state index contributed by atoms with van der Waals surface area (Å²) in [5.41, 5.74) is 0.483. The summed E-state index contributed by atoms with van der Waals surface area (Å²) in [6.45, 7) is 1.62. The monoisotopic (exact) mass is 382 g/mol. The Labute approximate surface area is 141 Å². The predicted octanol–water partition coefficient (Wildman–Crippen LogP) is 0.274. The number of halogens is 1. The molecule has 130 valence electrons. The Morgan fingerprint density at radius 1 is 1.26 bits per heavy atom. The van der Waals surface area contributed by atoms with Crippen molar-refractivity contribution in [1.29, 1.82) is 0 Å². The molecule has 10 heteroatoms. The topological polar surface area (TPSA) is 95.0 Å². The lowest BCUT2D eigenvalue weighted by Gasteiger charge is -2.34. The molecule has 23 heavy (non-hydrogen) atoms. The van der Waals surface area contributed by atoms with Gasteiger partial charge in [0.05, 0.1) is 28.5 Å². The largest absolute Gasteiger partial charge is 0.390 e. The molecule has 0 aliphatic carbocycles. The van der Waals surface area contributed by atoms with E-state index in [2.05, 4.69) is 0 Å². The highest BCUT2D eigenvalue weighted by Crippen LogP contribution is 2.29. The molecule has 0 radical (unpaired) electrons. The molecule has 2 rings (SSSR count). The summed E-state index contributed by atoms with van der Waals surface area (Å²) >= 11 is 5.90. The molecule has 0 unspecified atom stereocenters. The number of benzene rings is 1. The minimum Gasteiger partial charge on any atom is -0.390 e. The van der Waals surface area contributed by atoms with Crippen LogP contribution in [0.1, 0.15) is 5.56 Å². The Kier molecular flexibility index (Phi) is 5.10. The van der Waals surface area contributed by atoms with Gasteiger partial charge in [0.15, 0.2) is 9.84 Å². The SMILES string of the molecule is Cc1ccc(Cl)cc1S(=O)(=O)N([C@H]1CS(=O)(=O)C[C@H]1O)N(C)C. The number of sulfone groups is 1. The Hall–Kier alpha value is -0.710. The quantitative estimate of drug-likeness (QED) is 0.751. The predicted molar refractivity (Wildman–Crippen MR) is 87.3 cm³/mol. The second kappa shape index (κ2) is 6.30. The van der Waals surface area contributed by atoms with Crippen LogP contribution >= 0.6 is 11.6 Å². The first-order valence-electron chi connectivity index (χ1n) is 6.82. The van der Waals surface area contributed by atoms with Crippen molar-refractivity contribution in [3.63, 3.8) is 0 Å². The summed E-state index contributed by atoms with van der Waals surface area (Å²) in [6.07, 6.45) is -1.28. The Morgan fingerprint density at radius 3 is 2.35 bits per heavy atom. The fourth-order valence-electron chi connectivity index (χ4n) is 2.66. The van der Waals surface area contributed by atoms with E-state index in [1.54, 1.807) is 19.1 Å². The van der Waals surface area contributed by atoms with Crippen LogP contribution < -0.4 is 0 Å². The van der Waals surface area contributed by atoms with Crippen molar-refractivity contribution in [1.82, 2.24) is 9.42 Å². The molecule has 1 aromatic carbocycles. The zero-order valence-corrected chi connectivity index (χ0v) is 15.4. The van der Waals surface area contributed by atoms with Crippen LogP contribution in [0.5, 0.6) is 0 Å². The number of hydrogen-bond acceptors (Lipinski definition) is 6. The van der Waals surface area contributed by atoms with E-state index in [4.69, 9.17) is 11.6 Å². The number of aliphatic hydroxyl groups excluding tert-OH is 1. The normalized spacial score (nSPS) is 24.5. The minimum atomic E-state index is -4.07. The molecule has 0 bridgehead atoms. The van der Waals surface area contributed by atoms with Crippen LogP contribution in [0, 0.1) is 6.92 Å². The van der Waals surface area contributed by atoms with Crippen molar-refractivity contribution in [2.75, 3.05) is 25.6 Å². The smallest absolute Gasteiger partial charge is 0.256 e. The average Bonchev–Trinajstić information content (AvgIpc) is 2.65. The molecule has 1 saturated heterocycles. The van der Waals surface area contributed by atoms with Crippen molar-refractivity contribution in [3.8, 4) is 0 Å². The highest BCUT2D eigenvalue weighted by Gasteiger charge is 2.46. The summed E-state index contributed by atoms with van der Waals surface area (Å²) in [5, 5.41) is 11.6. The van der Waals surface area contributed by atoms with E-state index in [0.29, 0.717) is 5.56 Å². The van der Waals surface area contributed by atoms with E-state index >= 15 is 0 Å². The van der Waals surface area contributed by atoms with Crippen molar-refractivity contribution in [2.45, 2.75) is 24.0 Å². The van der Waals surface area contributed by atoms with Crippen LogP contribution in [-0.4, -0.2) is 69.1 Å². The van der Waals surface area contributed by atoms with Crippen molar-refractivity contribution < 1.29 is 21.9 Å². The van der Waals surface area contributed by atoms with E-state index < -0.39 is 43.5 Å². The van der Waals surface area contributed by atoms with Gasteiger partial charge in [-0.1, -0.05) is 17.7 Å². The van der Waals surface area contributed by atoms with Gasteiger partial charge in [-0.3, -0.25) is 0 Å². The minimum absolute atomic E-state index is 0.0183. The van der Waals surface area contributed by atoms with E-state index in [-0.39, 0.29) is 9.92 Å². The van der Waals surface area contributed by atoms with Gasteiger partial charge < -0.3 is 5.11 Å². The second-order valence-corrected chi connectivity index (χ2v) is 10.1. The fraction of sp³-hybridized carbons (Fsp3) is 0.538. The van der Waals surface area contributed by atoms with E-state index in [1.165, 1.54) is 25.2 Å². The van der Waals surface area contributed by atoms with E-state index in [9.17, 15) is 21.9 Å². The van der Waals surface area contributed by atoms with Crippen molar-refractivity contribution in [2.24, 2.45) is 0 Å². The van der Waals surface area contributed by atoms with Gasteiger partial charge in [0.2, 0.25) is 0 Å². The molecule has 0 saturated carbocycles. The van der Waals surface area contributed by atoms with Gasteiger partial charge in [0.25, 0.3) is 10.0 Å². The summed E-state index contributed by atoms with van der Waals surface area (Å²) in [6, 6.07) is 3.40.